The SMILES string of the molecule is Cc1nn(C)cc1NC(=O)c1sc2cccnc2c1N. The molecule has 20 heavy (non-hydrogen) atoms. The van der Waals surface area contributed by atoms with Crippen LogP contribution in [0.3, 0.4) is 0 Å². The maximum absolute atomic E-state index is 12.3. The minimum Gasteiger partial charge on any atom is -0.396 e. The van der Waals surface area contributed by atoms with Gasteiger partial charge in [0.15, 0.2) is 0 Å². The number of anilines is 2. The number of thiophene rings is 1. The van der Waals surface area contributed by atoms with Crippen molar-refractivity contribution in [3.63, 3.8) is 0 Å². The molecule has 0 fully saturated rings. The van der Waals surface area contributed by atoms with Gasteiger partial charge in [0.2, 0.25) is 0 Å². The number of nitrogens with zero attached hydrogens (tertiary/aromatic N) is 3. The summed E-state index contributed by atoms with van der Waals surface area (Å²) in [4.78, 5) is 17.0. The first-order valence-electron chi connectivity index (χ1n) is 6.01. The molecule has 0 aliphatic heterocycles. The highest BCUT2D eigenvalue weighted by molar-refractivity contribution is 7.21. The normalized spacial score (nSPS) is 10.9. The quantitative estimate of drug-likeness (QED) is 0.756. The molecular formula is C13H13N5OS. The molecule has 7 heteroatoms. The molecule has 0 saturated carbocycles. The van der Waals surface area contributed by atoms with Crippen molar-refractivity contribution in [3.8, 4) is 0 Å². The summed E-state index contributed by atoms with van der Waals surface area (Å²) in [6.45, 7) is 1.84. The Hall–Kier alpha value is -2.41. The lowest BCUT2D eigenvalue weighted by molar-refractivity contribution is 0.103. The molecular weight excluding hydrogens is 274 g/mol. The highest BCUT2D eigenvalue weighted by atomic mass is 32.1. The molecule has 3 rings (SSSR count). The van der Waals surface area contributed by atoms with E-state index in [1.165, 1.54) is 11.3 Å². The Bertz CT molecular complexity index is 804. The van der Waals surface area contributed by atoms with E-state index in [0.29, 0.717) is 21.8 Å². The Balaban J connectivity index is 1.96. The van der Waals surface area contributed by atoms with Crippen LogP contribution in [0.2, 0.25) is 0 Å². The van der Waals surface area contributed by atoms with E-state index in [1.807, 2.05) is 19.1 Å². The number of hydrogen-bond acceptors (Lipinski definition) is 5. The summed E-state index contributed by atoms with van der Waals surface area (Å²) in [6.07, 6.45) is 3.42. The van der Waals surface area contributed by atoms with Crippen molar-refractivity contribution in [2.24, 2.45) is 7.05 Å². The van der Waals surface area contributed by atoms with Crippen LogP contribution >= 0.6 is 11.3 Å². The molecule has 0 aliphatic rings. The van der Waals surface area contributed by atoms with E-state index in [0.717, 1.165) is 10.4 Å². The Morgan fingerprint density at radius 3 is 2.95 bits per heavy atom. The van der Waals surface area contributed by atoms with E-state index in [4.69, 9.17) is 5.73 Å². The number of aromatic nitrogens is 3. The highest BCUT2D eigenvalue weighted by Gasteiger charge is 2.18. The van der Waals surface area contributed by atoms with Gasteiger partial charge in [-0.2, -0.15) is 5.10 Å². The van der Waals surface area contributed by atoms with Crippen molar-refractivity contribution in [3.05, 3.63) is 35.1 Å². The van der Waals surface area contributed by atoms with Crippen LogP contribution < -0.4 is 11.1 Å². The van der Waals surface area contributed by atoms with Crippen LogP contribution in [0.25, 0.3) is 10.2 Å². The lowest BCUT2D eigenvalue weighted by atomic mass is 10.3. The van der Waals surface area contributed by atoms with E-state index < -0.39 is 0 Å². The first kappa shape index (κ1) is 12.6. The number of hydrogen-bond donors (Lipinski definition) is 2. The molecule has 3 aromatic heterocycles. The van der Waals surface area contributed by atoms with Gasteiger partial charge in [-0.25, -0.2) is 0 Å². The molecule has 0 aliphatic carbocycles. The fraction of sp³-hybridized carbons (Fsp3) is 0.154. The zero-order chi connectivity index (χ0) is 14.3. The number of pyridine rings is 1. The van der Waals surface area contributed by atoms with Crippen molar-refractivity contribution < 1.29 is 4.79 Å². The maximum atomic E-state index is 12.3. The molecule has 3 N–H and O–H groups in total. The molecule has 1 amide bonds. The Kier molecular flexibility index (Phi) is 2.90. The van der Waals surface area contributed by atoms with Crippen LogP contribution in [-0.2, 0) is 7.05 Å². The van der Waals surface area contributed by atoms with Crippen LogP contribution in [-0.4, -0.2) is 20.7 Å². The third-order valence-corrected chi connectivity index (χ3v) is 4.11. The van der Waals surface area contributed by atoms with Gasteiger partial charge in [0.1, 0.15) is 10.4 Å². The van der Waals surface area contributed by atoms with Gasteiger partial charge < -0.3 is 11.1 Å². The average Bonchev–Trinajstić information content (AvgIpc) is 2.91. The molecule has 0 aromatic carbocycles. The second-order valence-corrected chi connectivity index (χ2v) is 5.50. The second kappa shape index (κ2) is 4.61. The van der Waals surface area contributed by atoms with Crippen LogP contribution in [0.15, 0.2) is 24.5 Å². The van der Waals surface area contributed by atoms with Crippen LogP contribution in [0, 0.1) is 6.92 Å². The molecule has 0 unspecified atom stereocenters. The second-order valence-electron chi connectivity index (χ2n) is 4.45. The minimum atomic E-state index is -0.235. The predicted molar refractivity (Wildman–Crippen MR) is 79.9 cm³/mol. The summed E-state index contributed by atoms with van der Waals surface area (Å²) in [5.74, 6) is -0.235. The first-order chi connectivity index (χ1) is 9.56. The Morgan fingerprint density at radius 1 is 1.50 bits per heavy atom. The zero-order valence-corrected chi connectivity index (χ0v) is 11.9. The third kappa shape index (κ3) is 2.01. The number of carbonyl (C=O) groups excluding carboxylic acids is 1. The summed E-state index contributed by atoms with van der Waals surface area (Å²) in [5.41, 5.74) is 8.54. The number of fused-ring (bicyclic) bond motifs is 1. The summed E-state index contributed by atoms with van der Waals surface area (Å²) in [5, 5.41) is 7.01. The summed E-state index contributed by atoms with van der Waals surface area (Å²) < 4.78 is 2.55. The van der Waals surface area contributed by atoms with E-state index in [9.17, 15) is 4.79 Å². The van der Waals surface area contributed by atoms with E-state index in [-0.39, 0.29) is 5.91 Å². The van der Waals surface area contributed by atoms with E-state index >= 15 is 0 Å². The van der Waals surface area contributed by atoms with Crippen LogP contribution in [0.5, 0.6) is 0 Å². The molecule has 0 radical (unpaired) electrons. The van der Waals surface area contributed by atoms with Gasteiger partial charge in [-0.1, -0.05) is 0 Å². The van der Waals surface area contributed by atoms with Crippen molar-refractivity contribution in [1.82, 2.24) is 14.8 Å². The molecule has 0 bridgehead atoms. The molecule has 3 aromatic rings. The topological polar surface area (TPSA) is 85.8 Å². The van der Waals surface area contributed by atoms with Crippen LogP contribution in [0.4, 0.5) is 11.4 Å². The fourth-order valence-electron chi connectivity index (χ4n) is 2.02. The van der Waals surface area contributed by atoms with E-state index in [1.54, 1.807) is 24.1 Å². The van der Waals surface area contributed by atoms with Gasteiger partial charge in [0.05, 0.1) is 21.8 Å². The summed E-state index contributed by atoms with van der Waals surface area (Å²) >= 11 is 1.34. The fourth-order valence-corrected chi connectivity index (χ4v) is 2.99. The van der Waals surface area contributed by atoms with Crippen molar-refractivity contribution in [1.29, 1.82) is 0 Å². The van der Waals surface area contributed by atoms with Gasteiger partial charge in [-0.3, -0.25) is 14.5 Å². The van der Waals surface area contributed by atoms with E-state index in [2.05, 4.69) is 15.4 Å². The van der Waals surface area contributed by atoms with Gasteiger partial charge >= 0.3 is 0 Å². The lowest BCUT2D eigenvalue weighted by Crippen LogP contribution is -2.12. The Labute approximate surface area is 119 Å². The summed E-state index contributed by atoms with van der Waals surface area (Å²) in [6, 6.07) is 3.72. The lowest BCUT2D eigenvalue weighted by Gasteiger charge is -2.02. The zero-order valence-electron chi connectivity index (χ0n) is 11.0. The number of nitrogens with two attached hydrogens (primary N) is 1. The minimum absolute atomic E-state index is 0.235. The first-order valence-corrected chi connectivity index (χ1v) is 6.82. The van der Waals surface area contributed by atoms with Crippen LogP contribution in [0.1, 0.15) is 15.4 Å². The largest absolute Gasteiger partial charge is 0.396 e. The van der Waals surface area contributed by atoms with Gasteiger partial charge in [0, 0.05) is 19.4 Å². The molecule has 3 heterocycles. The molecule has 0 spiro atoms. The smallest absolute Gasteiger partial charge is 0.268 e. The van der Waals surface area contributed by atoms with Crippen molar-refractivity contribution in [2.45, 2.75) is 6.92 Å². The number of nitrogens with one attached hydrogen (secondary N) is 1. The molecule has 102 valence electrons. The molecule has 6 nitrogen and oxygen atoms in total. The molecule has 0 saturated heterocycles. The number of nitrogen functional groups attached to an aromatic ring is 1. The predicted octanol–water partition coefficient (Wildman–Crippen LogP) is 2.17. The standard InChI is InChI=1S/C13H13N5OS/c1-7-8(6-18(2)17-7)16-13(19)12-10(14)11-9(20-12)4-3-5-15-11/h3-6H,14H2,1-2H3,(H,16,19). The number of carbonyl (C=O) groups is 1. The van der Waals surface area contributed by atoms with Gasteiger partial charge in [-0.05, 0) is 19.1 Å². The number of amides is 1. The number of aryl methyl sites for hydroxylation is 2. The third-order valence-electron chi connectivity index (χ3n) is 2.95. The number of rotatable bonds is 2. The Morgan fingerprint density at radius 2 is 2.30 bits per heavy atom. The van der Waals surface area contributed by atoms with Gasteiger partial charge in [0.25, 0.3) is 5.91 Å². The average molecular weight is 287 g/mol. The maximum Gasteiger partial charge on any atom is 0.268 e. The van der Waals surface area contributed by atoms with Crippen molar-refractivity contribution >= 4 is 38.8 Å². The van der Waals surface area contributed by atoms with Gasteiger partial charge in [-0.15, -0.1) is 11.3 Å². The van der Waals surface area contributed by atoms with Crippen molar-refractivity contribution in [2.75, 3.05) is 11.1 Å². The highest BCUT2D eigenvalue weighted by Crippen LogP contribution is 2.32. The monoisotopic (exact) mass is 287 g/mol. The summed E-state index contributed by atoms with van der Waals surface area (Å²) in [7, 11) is 1.81. The molecule has 0 atom stereocenters.